The summed E-state index contributed by atoms with van der Waals surface area (Å²) in [6, 6.07) is 5.85. The molecule has 1 heterocycles. The number of pyridine rings is 1. The van der Waals surface area contributed by atoms with E-state index in [0.29, 0.717) is 5.92 Å². The van der Waals surface area contributed by atoms with Crippen LogP contribution in [0.2, 0.25) is 0 Å². The summed E-state index contributed by atoms with van der Waals surface area (Å²) in [5.74, 6) is 7.08. The third-order valence-corrected chi connectivity index (χ3v) is 3.13. The summed E-state index contributed by atoms with van der Waals surface area (Å²) in [6.45, 7) is 4.48. The Bertz CT molecular complexity index is 445. The summed E-state index contributed by atoms with van der Waals surface area (Å²) in [5, 5.41) is 0. The van der Waals surface area contributed by atoms with Gasteiger partial charge in [0, 0.05) is 11.8 Å². The first-order valence-electron chi connectivity index (χ1n) is 5.90. The fourth-order valence-electron chi connectivity index (χ4n) is 2.17. The average molecular weight is 211 g/mol. The Labute approximate surface area is 97.6 Å². The molecule has 1 aromatic heterocycles. The van der Waals surface area contributed by atoms with Crippen LogP contribution in [0, 0.1) is 17.8 Å². The molecule has 0 N–H and O–H groups in total. The monoisotopic (exact) mass is 211 g/mol. The van der Waals surface area contributed by atoms with Crippen molar-refractivity contribution < 1.29 is 0 Å². The van der Waals surface area contributed by atoms with Crippen molar-refractivity contribution in [3.8, 4) is 11.8 Å². The number of allylic oxidation sites excluding steroid dienone is 2. The molecule has 1 aliphatic carbocycles. The van der Waals surface area contributed by atoms with Gasteiger partial charge in [-0.05, 0) is 50.2 Å². The Morgan fingerprint density at radius 1 is 1.31 bits per heavy atom. The fraction of sp³-hybridized carbons (Fsp3) is 0.400. The first-order valence-corrected chi connectivity index (χ1v) is 5.90. The van der Waals surface area contributed by atoms with Crippen molar-refractivity contribution in [2.75, 3.05) is 0 Å². The zero-order valence-corrected chi connectivity index (χ0v) is 9.96. The predicted octanol–water partition coefficient (Wildman–Crippen LogP) is 3.57. The summed E-state index contributed by atoms with van der Waals surface area (Å²) < 4.78 is 0. The normalized spacial score (nSPS) is 20.2. The van der Waals surface area contributed by atoms with E-state index >= 15 is 0 Å². The van der Waals surface area contributed by atoms with Crippen molar-refractivity contribution in [1.29, 1.82) is 0 Å². The highest BCUT2D eigenvalue weighted by Gasteiger charge is 2.14. The molecule has 0 bridgehead atoms. The Hall–Kier alpha value is -1.55. The molecule has 1 aromatic rings. The van der Waals surface area contributed by atoms with E-state index in [1.165, 1.54) is 30.4 Å². The molecule has 1 nitrogen and oxygen atoms in total. The van der Waals surface area contributed by atoms with E-state index in [9.17, 15) is 0 Å². The molecule has 0 saturated carbocycles. The highest BCUT2D eigenvalue weighted by Crippen LogP contribution is 2.28. The quantitative estimate of drug-likeness (QED) is 0.598. The van der Waals surface area contributed by atoms with Crippen LogP contribution in [0.25, 0.3) is 0 Å². The van der Waals surface area contributed by atoms with Gasteiger partial charge in [-0.25, -0.2) is 4.98 Å². The smallest absolute Gasteiger partial charge is 0.113 e. The van der Waals surface area contributed by atoms with E-state index in [-0.39, 0.29) is 0 Å². The first-order chi connectivity index (χ1) is 7.77. The second-order valence-electron chi connectivity index (χ2n) is 4.45. The standard InChI is InChI=1S/C15H17N/c1-12-6-5-7-13(2)15(12)10-9-14-8-3-4-11-16-14/h3-4,8,11-12H,5-7H2,1-2H3. The topological polar surface area (TPSA) is 12.9 Å². The molecule has 82 valence electrons. The second kappa shape index (κ2) is 4.99. The maximum atomic E-state index is 4.22. The Morgan fingerprint density at radius 3 is 2.88 bits per heavy atom. The van der Waals surface area contributed by atoms with Crippen LogP contribution < -0.4 is 0 Å². The maximum Gasteiger partial charge on any atom is 0.113 e. The molecule has 0 aliphatic heterocycles. The minimum Gasteiger partial charge on any atom is -0.248 e. The van der Waals surface area contributed by atoms with Crippen LogP contribution in [0.4, 0.5) is 0 Å². The predicted molar refractivity (Wildman–Crippen MR) is 66.8 cm³/mol. The second-order valence-corrected chi connectivity index (χ2v) is 4.45. The molecule has 1 unspecified atom stereocenters. The summed E-state index contributed by atoms with van der Waals surface area (Å²) in [5.41, 5.74) is 3.65. The van der Waals surface area contributed by atoms with Crippen LogP contribution in [0.1, 0.15) is 38.8 Å². The molecular weight excluding hydrogens is 194 g/mol. The first kappa shape index (κ1) is 11.0. The van der Waals surface area contributed by atoms with Gasteiger partial charge in [-0.1, -0.05) is 24.5 Å². The number of hydrogen-bond donors (Lipinski definition) is 0. The minimum absolute atomic E-state index is 0.616. The van der Waals surface area contributed by atoms with Gasteiger partial charge in [0.1, 0.15) is 5.69 Å². The van der Waals surface area contributed by atoms with Gasteiger partial charge in [0.15, 0.2) is 0 Å². The highest BCUT2D eigenvalue weighted by atomic mass is 14.6. The van der Waals surface area contributed by atoms with Gasteiger partial charge in [0.2, 0.25) is 0 Å². The van der Waals surface area contributed by atoms with Crippen molar-refractivity contribution >= 4 is 0 Å². The van der Waals surface area contributed by atoms with Crippen LogP contribution in [0.3, 0.4) is 0 Å². The molecule has 0 amide bonds. The Kier molecular flexibility index (Phi) is 3.41. The minimum atomic E-state index is 0.616. The summed E-state index contributed by atoms with van der Waals surface area (Å²) in [6.07, 6.45) is 5.57. The van der Waals surface area contributed by atoms with Crippen molar-refractivity contribution in [1.82, 2.24) is 4.98 Å². The van der Waals surface area contributed by atoms with Gasteiger partial charge in [-0.3, -0.25) is 0 Å². The van der Waals surface area contributed by atoms with Gasteiger partial charge in [-0.15, -0.1) is 0 Å². The fourth-order valence-corrected chi connectivity index (χ4v) is 2.17. The van der Waals surface area contributed by atoms with E-state index in [2.05, 4.69) is 30.7 Å². The van der Waals surface area contributed by atoms with E-state index in [0.717, 1.165) is 5.69 Å². The molecule has 16 heavy (non-hydrogen) atoms. The summed E-state index contributed by atoms with van der Waals surface area (Å²) in [7, 11) is 0. The molecule has 1 heteroatoms. The van der Waals surface area contributed by atoms with Crippen LogP contribution in [-0.2, 0) is 0 Å². The summed E-state index contributed by atoms with van der Waals surface area (Å²) in [4.78, 5) is 4.22. The molecule has 2 rings (SSSR count). The van der Waals surface area contributed by atoms with Crippen molar-refractivity contribution in [3.63, 3.8) is 0 Å². The van der Waals surface area contributed by atoms with Gasteiger partial charge in [0.25, 0.3) is 0 Å². The SMILES string of the molecule is CC1=C(C#Cc2ccccn2)C(C)CCC1. The van der Waals surface area contributed by atoms with Crippen LogP contribution >= 0.6 is 0 Å². The summed E-state index contributed by atoms with van der Waals surface area (Å²) >= 11 is 0. The Morgan fingerprint density at radius 2 is 2.19 bits per heavy atom. The van der Waals surface area contributed by atoms with Crippen molar-refractivity contribution in [2.45, 2.75) is 33.1 Å². The molecule has 0 fully saturated rings. The van der Waals surface area contributed by atoms with E-state index in [1.807, 2.05) is 18.2 Å². The van der Waals surface area contributed by atoms with Gasteiger partial charge >= 0.3 is 0 Å². The lowest BCUT2D eigenvalue weighted by Crippen LogP contribution is -2.06. The molecular formula is C15H17N. The number of nitrogens with zero attached hydrogens (tertiary/aromatic N) is 1. The molecule has 1 aliphatic rings. The van der Waals surface area contributed by atoms with Crippen molar-refractivity contribution in [2.24, 2.45) is 5.92 Å². The van der Waals surface area contributed by atoms with E-state index < -0.39 is 0 Å². The van der Waals surface area contributed by atoms with Gasteiger partial charge in [-0.2, -0.15) is 0 Å². The molecule has 0 saturated heterocycles. The largest absolute Gasteiger partial charge is 0.248 e. The van der Waals surface area contributed by atoms with Crippen LogP contribution in [0.15, 0.2) is 35.5 Å². The molecule has 0 radical (unpaired) electrons. The molecule has 0 spiro atoms. The third kappa shape index (κ3) is 2.52. The molecule has 0 aromatic carbocycles. The zero-order chi connectivity index (χ0) is 11.4. The van der Waals surface area contributed by atoms with Gasteiger partial charge in [0.05, 0.1) is 0 Å². The lowest BCUT2D eigenvalue weighted by atomic mass is 9.85. The van der Waals surface area contributed by atoms with E-state index in [1.54, 1.807) is 6.20 Å². The van der Waals surface area contributed by atoms with Crippen LogP contribution in [-0.4, -0.2) is 4.98 Å². The molecule has 1 atom stereocenters. The maximum absolute atomic E-state index is 4.22. The highest BCUT2D eigenvalue weighted by molar-refractivity contribution is 5.41. The van der Waals surface area contributed by atoms with Crippen molar-refractivity contribution in [3.05, 3.63) is 41.2 Å². The zero-order valence-electron chi connectivity index (χ0n) is 9.96. The number of aromatic nitrogens is 1. The number of rotatable bonds is 0. The lowest BCUT2D eigenvalue weighted by Gasteiger charge is -2.20. The number of hydrogen-bond acceptors (Lipinski definition) is 1. The Balaban J connectivity index is 2.24. The van der Waals surface area contributed by atoms with E-state index in [4.69, 9.17) is 0 Å². The van der Waals surface area contributed by atoms with Gasteiger partial charge < -0.3 is 0 Å². The van der Waals surface area contributed by atoms with Crippen LogP contribution in [0.5, 0.6) is 0 Å². The lowest BCUT2D eigenvalue weighted by molar-refractivity contribution is 0.550. The average Bonchev–Trinajstić information content (AvgIpc) is 2.30. The third-order valence-electron chi connectivity index (χ3n) is 3.13.